The van der Waals surface area contributed by atoms with Gasteiger partial charge in [0.05, 0.1) is 0 Å². The van der Waals surface area contributed by atoms with Gasteiger partial charge in [-0.3, -0.25) is 0 Å². The largest absolute Gasteiger partial charge is 0.673 e. The molecule has 0 aromatic carbocycles. The van der Waals surface area contributed by atoms with Gasteiger partial charge in [-0.15, -0.1) is 0 Å². The minimum atomic E-state index is -6.00. The summed E-state index contributed by atoms with van der Waals surface area (Å²) in [4.78, 5) is 0. The van der Waals surface area contributed by atoms with E-state index < -0.39 is 7.25 Å². The van der Waals surface area contributed by atoms with E-state index in [9.17, 15) is 17.3 Å². The SMILES string of the molecule is F[B-](F)(F)F.O.O.O.O.O.O. The van der Waals surface area contributed by atoms with Gasteiger partial charge < -0.3 is 50.1 Å². The molecule has 11 heteroatoms. The predicted molar refractivity (Wildman–Crippen MR) is 31.9 cm³/mol. The Bertz CT molecular complexity index is 30.1. The summed E-state index contributed by atoms with van der Waals surface area (Å²) in [5.74, 6) is 0. The fourth-order valence-corrected chi connectivity index (χ4v) is 0. The average molecular weight is 195 g/mol. The van der Waals surface area contributed by atoms with Crippen molar-refractivity contribution >= 4 is 7.25 Å². The summed E-state index contributed by atoms with van der Waals surface area (Å²) in [6, 6.07) is 0. The van der Waals surface area contributed by atoms with Crippen LogP contribution in [0.15, 0.2) is 0 Å². The molecule has 0 atom stereocenters. The molecular weight excluding hydrogens is 183 g/mol. The highest BCUT2D eigenvalue weighted by atomic mass is 19.5. The minimum Gasteiger partial charge on any atom is -0.418 e. The van der Waals surface area contributed by atoms with Crippen molar-refractivity contribution in [3.63, 3.8) is 0 Å². The van der Waals surface area contributed by atoms with Crippen LogP contribution in [0.3, 0.4) is 0 Å². The smallest absolute Gasteiger partial charge is 0.418 e. The van der Waals surface area contributed by atoms with Crippen molar-refractivity contribution in [1.29, 1.82) is 0 Å². The standard InChI is InChI=1S/BF4.6H2O/c2-1(3,4)5;;;;;;/h;6*1H2/q-1;;;;;;. The Hall–Kier alpha value is -0.455. The van der Waals surface area contributed by atoms with E-state index in [-0.39, 0.29) is 32.9 Å². The molecule has 0 aromatic rings. The van der Waals surface area contributed by atoms with Crippen molar-refractivity contribution in [2.24, 2.45) is 0 Å². The maximum atomic E-state index is 9.75. The molecular formula is H12BF4O6-. The fourth-order valence-electron chi connectivity index (χ4n) is 0. The van der Waals surface area contributed by atoms with Gasteiger partial charge in [-0.1, -0.05) is 0 Å². The first-order valence-corrected chi connectivity index (χ1v) is 0.873. The van der Waals surface area contributed by atoms with Gasteiger partial charge in [0.1, 0.15) is 0 Å². The van der Waals surface area contributed by atoms with Crippen LogP contribution in [0.1, 0.15) is 0 Å². The van der Waals surface area contributed by atoms with Gasteiger partial charge in [0.25, 0.3) is 0 Å². The van der Waals surface area contributed by atoms with Crippen LogP contribution in [0.2, 0.25) is 0 Å². The topological polar surface area (TPSA) is 189 Å². The van der Waals surface area contributed by atoms with E-state index in [1.807, 2.05) is 0 Å². The van der Waals surface area contributed by atoms with Crippen molar-refractivity contribution in [1.82, 2.24) is 0 Å². The molecule has 0 saturated carbocycles. The van der Waals surface area contributed by atoms with E-state index in [0.717, 1.165) is 0 Å². The number of rotatable bonds is 0. The van der Waals surface area contributed by atoms with Crippen LogP contribution in [-0.4, -0.2) is 40.1 Å². The van der Waals surface area contributed by atoms with E-state index in [1.165, 1.54) is 0 Å². The van der Waals surface area contributed by atoms with Gasteiger partial charge in [0.15, 0.2) is 0 Å². The normalized spacial score (nSPS) is 5.45. The summed E-state index contributed by atoms with van der Waals surface area (Å²) < 4.78 is 39.0. The third kappa shape index (κ3) is 2620. The van der Waals surface area contributed by atoms with Crippen LogP contribution in [-0.2, 0) is 0 Å². The van der Waals surface area contributed by atoms with E-state index in [2.05, 4.69) is 0 Å². The molecule has 0 rings (SSSR count). The molecule has 0 spiro atoms. The van der Waals surface area contributed by atoms with Gasteiger partial charge >= 0.3 is 7.25 Å². The quantitative estimate of drug-likeness (QED) is 0.272. The van der Waals surface area contributed by atoms with Gasteiger partial charge in [-0.25, -0.2) is 0 Å². The van der Waals surface area contributed by atoms with Crippen molar-refractivity contribution in [2.45, 2.75) is 0 Å². The van der Waals surface area contributed by atoms with E-state index in [0.29, 0.717) is 0 Å². The summed E-state index contributed by atoms with van der Waals surface area (Å²) in [7, 11) is -6.00. The molecule has 0 amide bonds. The van der Waals surface area contributed by atoms with E-state index in [1.54, 1.807) is 0 Å². The molecule has 12 N–H and O–H groups in total. The Morgan fingerprint density at radius 1 is 0.455 bits per heavy atom. The van der Waals surface area contributed by atoms with E-state index in [4.69, 9.17) is 0 Å². The Morgan fingerprint density at radius 3 is 0.455 bits per heavy atom. The van der Waals surface area contributed by atoms with E-state index >= 15 is 0 Å². The molecule has 0 fully saturated rings. The van der Waals surface area contributed by atoms with Crippen molar-refractivity contribution < 1.29 is 50.1 Å². The third-order valence-electron chi connectivity index (χ3n) is 0. The molecule has 0 aromatic heterocycles. The van der Waals surface area contributed by atoms with Crippen LogP contribution in [0.5, 0.6) is 0 Å². The van der Waals surface area contributed by atoms with Crippen LogP contribution in [0.4, 0.5) is 17.3 Å². The molecule has 0 aliphatic heterocycles. The molecule has 11 heavy (non-hydrogen) atoms. The molecule has 6 nitrogen and oxygen atoms in total. The van der Waals surface area contributed by atoms with Crippen LogP contribution in [0.25, 0.3) is 0 Å². The predicted octanol–water partition coefficient (Wildman–Crippen LogP) is -3.65. The first kappa shape index (κ1) is 76.4. The molecule has 0 bridgehead atoms. The Morgan fingerprint density at radius 2 is 0.455 bits per heavy atom. The number of hydrogen-bond acceptors (Lipinski definition) is 0. The highest BCUT2D eigenvalue weighted by molar-refractivity contribution is 6.50. The maximum absolute atomic E-state index is 9.75. The molecule has 0 heterocycles. The Labute approximate surface area is 58.8 Å². The lowest BCUT2D eigenvalue weighted by molar-refractivity contribution is 0.368. The summed E-state index contributed by atoms with van der Waals surface area (Å²) in [6.07, 6.45) is 0. The van der Waals surface area contributed by atoms with Crippen molar-refractivity contribution in [3.05, 3.63) is 0 Å². The van der Waals surface area contributed by atoms with Crippen LogP contribution < -0.4 is 0 Å². The molecule has 80 valence electrons. The second kappa shape index (κ2) is 22.7. The minimum absolute atomic E-state index is 0. The fraction of sp³-hybridized carbons (Fsp3) is 0. The van der Waals surface area contributed by atoms with Crippen LogP contribution >= 0.6 is 0 Å². The lowest BCUT2D eigenvalue weighted by atomic mass is 10.3. The average Bonchev–Trinajstić information content (AvgIpc) is 0.722. The first-order valence-electron chi connectivity index (χ1n) is 0.873. The summed E-state index contributed by atoms with van der Waals surface area (Å²) in [5, 5.41) is 0. The highest BCUT2D eigenvalue weighted by Gasteiger charge is 2.20. The Balaban J connectivity index is -0.00000000533. The lowest BCUT2D eigenvalue weighted by Crippen LogP contribution is -2.02. The monoisotopic (exact) mass is 195 g/mol. The van der Waals surface area contributed by atoms with Crippen LogP contribution in [0, 0.1) is 0 Å². The second-order valence-corrected chi connectivity index (χ2v) is 0.495. The summed E-state index contributed by atoms with van der Waals surface area (Å²) >= 11 is 0. The van der Waals surface area contributed by atoms with Gasteiger partial charge in [-0.2, -0.15) is 0 Å². The van der Waals surface area contributed by atoms with Crippen molar-refractivity contribution in [2.75, 3.05) is 0 Å². The van der Waals surface area contributed by atoms with Gasteiger partial charge in [0, 0.05) is 0 Å². The zero-order valence-corrected chi connectivity index (χ0v) is 5.09. The lowest BCUT2D eigenvalue weighted by Gasteiger charge is -1.94. The summed E-state index contributed by atoms with van der Waals surface area (Å²) in [6.45, 7) is 0. The number of halogens is 4. The van der Waals surface area contributed by atoms with Gasteiger partial charge in [0.2, 0.25) is 0 Å². The maximum Gasteiger partial charge on any atom is 0.673 e. The van der Waals surface area contributed by atoms with Gasteiger partial charge in [-0.05, 0) is 0 Å². The first-order chi connectivity index (χ1) is 2.00. The second-order valence-electron chi connectivity index (χ2n) is 0.495. The zero-order valence-electron chi connectivity index (χ0n) is 5.09. The summed E-state index contributed by atoms with van der Waals surface area (Å²) in [5.41, 5.74) is 0. The Kier molecular flexibility index (Phi) is 158. The highest BCUT2D eigenvalue weighted by Crippen LogP contribution is 2.06. The molecule has 0 aliphatic carbocycles. The third-order valence-corrected chi connectivity index (χ3v) is 0. The molecule has 0 radical (unpaired) electrons. The molecule has 0 unspecified atom stereocenters. The molecule has 0 saturated heterocycles. The zero-order chi connectivity index (χ0) is 4.50. The molecule has 0 aliphatic rings. The number of hydrogen-bond donors (Lipinski definition) is 0. The van der Waals surface area contributed by atoms with Crippen molar-refractivity contribution in [3.8, 4) is 0 Å².